The van der Waals surface area contributed by atoms with Gasteiger partial charge in [-0.3, -0.25) is 4.90 Å². The van der Waals surface area contributed by atoms with Gasteiger partial charge in [0.25, 0.3) is 0 Å². The summed E-state index contributed by atoms with van der Waals surface area (Å²) in [5, 5.41) is 3.76. The fourth-order valence-electron chi connectivity index (χ4n) is 8.43. The van der Waals surface area contributed by atoms with E-state index in [0.29, 0.717) is 42.5 Å². The summed E-state index contributed by atoms with van der Waals surface area (Å²) < 4.78 is 36.5. The predicted octanol–water partition coefficient (Wildman–Crippen LogP) is 7.97. The number of hydrogen-bond donors (Lipinski definition) is 1. The van der Waals surface area contributed by atoms with Crippen molar-refractivity contribution in [3.05, 3.63) is 0 Å². The van der Waals surface area contributed by atoms with Crippen LogP contribution in [0.15, 0.2) is 0 Å². The zero-order valence-corrected chi connectivity index (χ0v) is 25.8. The van der Waals surface area contributed by atoms with Crippen molar-refractivity contribution in [1.29, 1.82) is 0 Å². The van der Waals surface area contributed by atoms with Crippen LogP contribution in [0.3, 0.4) is 0 Å². The molecule has 0 aromatic heterocycles. The number of likely N-dealkylation sites (tertiary alicyclic amines) is 1. The zero-order chi connectivity index (χ0) is 27.7. The molecule has 4 fully saturated rings. The van der Waals surface area contributed by atoms with E-state index in [1.807, 2.05) is 0 Å². The van der Waals surface area contributed by atoms with Gasteiger partial charge in [0.1, 0.15) is 12.3 Å². The molecule has 2 saturated heterocycles. The van der Waals surface area contributed by atoms with Crippen molar-refractivity contribution in [2.24, 2.45) is 35.0 Å². The monoisotopic (exact) mass is 538 g/mol. The number of rotatable bonds is 8. The number of ether oxygens (including phenoxy) is 1. The van der Waals surface area contributed by atoms with Gasteiger partial charge in [-0.05, 0) is 139 Å². The predicted molar refractivity (Wildman–Crippen MR) is 155 cm³/mol. The standard InChI is InChI=1S/C33H60F2N2O/c1-22(29-11-13-37(21-31(29)35)27-18-28(19-27)38-33(5,6)7)14-26-16-24(10-12-36-26)15-23-8-9-25(30(34)17-23)20-32(2,3)4/h22-31,36H,8-21H2,1-7H3/t22-,23?,24?,25?,26?,27?,28?,29+,30?,31+/m1/s1. The Hall–Kier alpha value is -0.260. The first-order chi connectivity index (χ1) is 17.8. The third-order valence-electron chi connectivity index (χ3n) is 10.3. The van der Waals surface area contributed by atoms with Crippen molar-refractivity contribution in [2.75, 3.05) is 19.6 Å². The maximum Gasteiger partial charge on any atom is 0.116 e. The van der Waals surface area contributed by atoms with Crippen LogP contribution in [-0.4, -0.2) is 60.7 Å². The quantitative estimate of drug-likeness (QED) is 0.339. The summed E-state index contributed by atoms with van der Waals surface area (Å²) in [4.78, 5) is 2.40. The summed E-state index contributed by atoms with van der Waals surface area (Å²) in [6, 6.07) is 0.999. The molecule has 4 rings (SSSR count). The topological polar surface area (TPSA) is 24.5 Å². The Bertz CT molecular complexity index is 727. The van der Waals surface area contributed by atoms with Gasteiger partial charge < -0.3 is 10.1 Å². The van der Waals surface area contributed by atoms with E-state index in [-0.39, 0.29) is 22.9 Å². The lowest BCUT2D eigenvalue weighted by molar-refractivity contribution is -0.127. The van der Waals surface area contributed by atoms with E-state index in [1.54, 1.807) is 0 Å². The van der Waals surface area contributed by atoms with Gasteiger partial charge in [-0.25, -0.2) is 8.78 Å². The van der Waals surface area contributed by atoms with Gasteiger partial charge in [-0.15, -0.1) is 0 Å². The molecule has 3 nitrogen and oxygen atoms in total. The largest absolute Gasteiger partial charge is 0.373 e. The van der Waals surface area contributed by atoms with Crippen molar-refractivity contribution in [2.45, 2.75) is 155 Å². The third kappa shape index (κ3) is 8.87. The second kappa shape index (κ2) is 12.7. The number of hydrogen-bond acceptors (Lipinski definition) is 3. The smallest absolute Gasteiger partial charge is 0.116 e. The minimum atomic E-state index is -0.717. The van der Waals surface area contributed by atoms with Crippen LogP contribution in [0.4, 0.5) is 8.78 Å². The van der Waals surface area contributed by atoms with Crippen LogP contribution < -0.4 is 5.32 Å². The molecule has 0 bridgehead atoms. The Kier molecular flexibility index (Phi) is 10.3. The highest BCUT2D eigenvalue weighted by Gasteiger charge is 2.42. The lowest BCUT2D eigenvalue weighted by Crippen LogP contribution is -2.55. The molecule has 0 spiro atoms. The van der Waals surface area contributed by atoms with Crippen molar-refractivity contribution >= 4 is 0 Å². The van der Waals surface area contributed by atoms with Crippen molar-refractivity contribution in [3.63, 3.8) is 0 Å². The minimum absolute atomic E-state index is 0.0892. The van der Waals surface area contributed by atoms with E-state index >= 15 is 8.78 Å². The van der Waals surface area contributed by atoms with Crippen LogP contribution >= 0.6 is 0 Å². The fraction of sp³-hybridized carbons (Fsp3) is 1.00. The molecule has 8 atom stereocenters. The lowest BCUT2D eigenvalue weighted by atomic mass is 9.70. The van der Waals surface area contributed by atoms with Crippen LogP contribution in [-0.2, 0) is 4.74 Å². The zero-order valence-electron chi connectivity index (χ0n) is 25.8. The lowest BCUT2D eigenvalue weighted by Gasteiger charge is -2.48. The van der Waals surface area contributed by atoms with Gasteiger partial charge >= 0.3 is 0 Å². The molecular formula is C33H60F2N2O. The first-order valence-corrected chi connectivity index (χ1v) is 16.2. The van der Waals surface area contributed by atoms with E-state index < -0.39 is 12.3 Å². The average Bonchev–Trinajstić information content (AvgIpc) is 2.76. The first-order valence-electron chi connectivity index (χ1n) is 16.2. The molecule has 5 heteroatoms. The van der Waals surface area contributed by atoms with Gasteiger partial charge in [0, 0.05) is 18.6 Å². The Morgan fingerprint density at radius 3 is 2.24 bits per heavy atom. The molecule has 0 radical (unpaired) electrons. The number of piperidine rings is 2. The molecule has 0 aromatic rings. The van der Waals surface area contributed by atoms with Gasteiger partial charge in [0.2, 0.25) is 0 Å². The summed E-state index contributed by atoms with van der Waals surface area (Å²) in [6.07, 6.45) is 10.8. The van der Waals surface area contributed by atoms with E-state index in [4.69, 9.17) is 4.74 Å². The maximum atomic E-state index is 15.4. The van der Waals surface area contributed by atoms with E-state index in [0.717, 1.165) is 58.0 Å². The number of nitrogens with one attached hydrogen (secondary N) is 1. The molecule has 2 heterocycles. The SMILES string of the molecule is C[C@H](CC1CC(CC2CCC(CC(C)(C)C)C(F)C2)CCN1)[C@@H]1CCN(C2CC(OC(C)(C)C)C2)C[C@@H]1F. The van der Waals surface area contributed by atoms with Crippen LogP contribution in [0.1, 0.15) is 119 Å². The normalized spacial score (nSPS) is 40.5. The first kappa shape index (κ1) is 30.7. The second-order valence-electron chi connectivity index (χ2n) is 16.2. The molecular weight excluding hydrogens is 478 g/mol. The van der Waals surface area contributed by atoms with Crippen LogP contribution in [0.5, 0.6) is 0 Å². The van der Waals surface area contributed by atoms with Crippen LogP contribution in [0.25, 0.3) is 0 Å². The number of alkyl halides is 2. The summed E-state index contributed by atoms with van der Waals surface area (Å²) >= 11 is 0. The molecule has 1 N–H and O–H groups in total. The Morgan fingerprint density at radius 2 is 1.61 bits per heavy atom. The average molecular weight is 539 g/mol. The van der Waals surface area contributed by atoms with E-state index in [1.165, 1.54) is 25.7 Å². The highest BCUT2D eigenvalue weighted by atomic mass is 19.1. The highest BCUT2D eigenvalue weighted by Crippen LogP contribution is 2.42. The summed E-state index contributed by atoms with van der Waals surface area (Å²) in [5.74, 6) is 2.11. The van der Waals surface area contributed by atoms with E-state index in [2.05, 4.69) is 58.7 Å². The number of nitrogens with zero attached hydrogens (tertiary/aromatic N) is 1. The fourth-order valence-corrected chi connectivity index (χ4v) is 8.43. The van der Waals surface area contributed by atoms with Gasteiger partial charge in [-0.2, -0.15) is 0 Å². The molecule has 2 aliphatic carbocycles. The van der Waals surface area contributed by atoms with Crippen molar-refractivity contribution in [3.8, 4) is 0 Å². The summed E-state index contributed by atoms with van der Waals surface area (Å²) in [7, 11) is 0. The van der Waals surface area contributed by atoms with Gasteiger partial charge in [0.05, 0.1) is 11.7 Å². The van der Waals surface area contributed by atoms with Crippen molar-refractivity contribution < 1.29 is 13.5 Å². The second-order valence-corrected chi connectivity index (χ2v) is 16.2. The molecule has 0 amide bonds. The van der Waals surface area contributed by atoms with Crippen LogP contribution in [0.2, 0.25) is 0 Å². The van der Waals surface area contributed by atoms with Gasteiger partial charge in [-0.1, -0.05) is 27.7 Å². The van der Waals surface area contributed by atoms with Crippen LogP contribution in [0, 0.1) is 35.0 Å². The molecule has 0 aromatic carbocycles. The highest BCUT2D eigenvalue weighted by molar-refractivity contribution is 4.95. The molecule has 5 unspecified atom stereocenters. The molecule has 4 aliphatic rings. The molecule has 2 aliphatic heterocycles. The maximum absolute atomic E-state index is 15.4. The summed E-state index contributed by atoms with van der Waals surface area (Å²) in [6.45, 7) is 18.1. The van der Waals surface area contributed by atoms with Crippen molar-refractivity contribution in [1.82, 2.24) is 10.2 Å². The Labute approximate surface area is 233 Å². The molecule has 2 saturated carbocycles. The Morgan fingerprint density at radius 1 is 0.895 bits per heavy atom. The molecule has 222 valence electrons. The van der Waals surface area contributed by atoms with Gasteiger partial charge in [0.15, 0.2) is 0 Å². The Balaban J connectivity index is 1.17. The number of halogens is 2. The third-order valence-corrected chi connectivity index (χ3v) is 10.3. The molecule has 38 heavy (non-hydrogen) atoms. The minimum Gasteiger partial charge on any atom is -0.373 e. The summed E-state index contributed by atoms with van der Waals surface area (Å²) in [5.41, 5.74) is 0.130. The van der Waals surface area contributed by atoms with E-state index in [9.17, 15) is 0 Å².